The first kappa shape index (κ1) is 13.9. The minimum atomic E-state index is -1.31. The van der Waals surface area contributed by atoms with E-state index >= 15 is 0 Å². The maximum atomic E-state index is 11.2. The van der Waals surface area contributed by atoms with Crippen LogP contribution in [-0.4, -0.2) is 26.0 Å². The Labute approximate surface area is 117 Å². The average molecular weight is 291 g/mol. The highest BCUT2D eigenvalue weighted by atomic mass is 32.2. The summed E-state index contributed by atoms with van der Waals surface area (Å²) in [5.41, 5.74) is -0.314. The third-order valence-electron chi connectivity index (χ3n) is 2.45. The Bertz CT molecular complexity index is 648. The molecule has 1 heterocycles. The predicted octanol–water partition coefficient (Wildman–Crippen LogP) is 2.38. The summed E-state index contributed by atoms with van der Waals surface area (Å²) in [6.07, 6.45) is 4.59. The van der Waals surface area contributed by atoms with Gasteiger partial charge in [-0.25, -0.2) is 9.78 Å². The summed E-state index contributed by atoms with van der Waals surface area (Å²) in [6.45, 7) is 0. The second kappa shape index (κ2) is 6.11. The van der Waals surface area contributed by atoms with Crippen LogP contribution in [0.4, 0.5) is 5.69 Å². The third-order valence-corrected chi connectivity index (χ3v) is 3.42. The Morgan fingerprint density at radius 2 is 2.20 bits per heavy atom. The number of carbonyl (C=O) groups is 1. The van der Waals surface area contributed by atoms with Gasteiger partial charge in [0.05, 0.1) is 11.1 Å². The number of nitrogens with zero attached hydrogens (tertiary/aromatic N) is 3. The molecule has 0 atom stereocenters. The van der Waals surface area contributed by atoms with E-state index in [2.05, 4.69) is 9.97 Å². The highest BCUT2D eigenvalue weighted by molar-refractivity contribution is 7.98. The Balaban J connectivity index is 2.30. The Hall–Kier alpha value is -2.48. The lowest BCUT2D eigenvalue weighted by Crippen LogP contribution is -2.06. The molecule has 2 rings (SSSR count). The molecular weight excluding hydrogens is 282 g/mol. The normalized spacial score (nSPS) is 10.2. The number of hydrogen-bond donors (Lipinski definition) is 1. The van der Waals surface area contributed by atoms with Crippen molar-refractivity contribution in [1.29, 1.82) is 0 Å². The van der Waals surface area contributed by atoms with E-state index in [4.69, 9.17) is 5.11 Å². The molecule has 0 saturated carbocycles. The smallest absolute Gasteiger partial charge is 0.343 e. The van der Waals surface area contributed by atoms with Crippen LogP contribution in [0.2, 0.25) is 0 Å². The van der Waals surface area contributed by atoms with Crippen molar-refractivity contribution in [3.8, 4) is 0 Å². The van der Waals surface area contributed by atoms with E-state index in [0.29, 0.717) is 10.6 Å². The van der Waals surface area contributed by atoms with Gasteiger partial charge in [-0.15, -0.1) is 11.8 Å². The number of aromatic carboxylic acids is 1. The first-order valence-corrected chi connectivity index (χ1v) is 6.46. The van der Waals surface area contributed by atoms with Crippen LogP contribution in [0, 0.1) is 10.1 Å². The van der Waals surface area contributed by atoms with Gasteiger partial charge in [-0.1, -0.05) is 12.1 Å². The quantitative estimate of drug-likeness (QED) is 0.512. The summed E-state index contributed by atoms with van der Waals surface area (Å²) < 4.78 is 0. The summed E-state index contributed by atoms with van der Waals surface area (Å²) in [5, 5.41) is 20.6. The number of carboxylic acid groups (broad SMARTS) is 1. The minimum Gasteiger partial charge on any atom is -0.477 e. The van der Waals surface area contributed by atoms with Gasteiger partial charge in [0.25, 0.3) is 5.69 Å². The number of nitro groups is 1. The number of aromatic nitrogens is 2. The molecule has 102 valence electrons. The zero-order chi connectivity index (χ0) is 14.5. The van der Waals surface area contributed by atoms with Crippen molar-refractivity contribution >= 4 is 23.4 Å². The van der Waals surface area contributed by atoms with Crippen LogP contribution in [0.15, 0.2) is 41.8 Å². The summed E-state index contributed by atoms with van der Waals surface area (Å²) in [4.78, 5) is 29.3. The van der Waals surface area contributed by atoms with Crippen LogP contribution in [-0.2, 0) is 5.75 Å². The molecule has 2 aromatic rings. The van der Waals surface area contributed by atoms with Crippen molar-refractivity contribution in [2.45, 2.75) is 10.8 Å². The molecule has 0 radical (unpaired) electrons. The van der Waals surface area contributed by atoms with Crippen molar-refractivity contribution in [3.63, 3.8) is 0 Å². The van der Waals surface area contributed by atoms with Gasteiger partial charge in [0.15, 0.2) is 0 Å². The van der Waals surface area contributed by atoms with Crippen molar-refractivity contribution in [2.24, 2.45) is 0 Å². The fourth-order valence-corrected chi connectivity index (χ4v) is 2.43. The van der Waals surface area contributed by atoms with Crippen LogP contribution in [0.3, 0.4) is 0 Å². The Morgan fingerprint density at radius 1 is 1.40 bits per heavy atom. The van der Waals surface area contributed by atoms with E-state index in [1.165, 1.54) is 36.3 Å². The molecule has 0 fully saturated rings. The second-order valence-corrected chi connectivity index (χ2v) is 4.70. The molecule has 0 spiro atoms. The number of nitro benzene ring substituents is 1. The lowest BCUT2D eigenvalue weighted by atomic mass is 10.1. The van der Waals surface area contributed by atoms with Crippen LogP contribution >= 0.6 is 11.8 Å². The number of thioether (sulfide) groups is 1. The third kappa shape index (κ3) is 3.09. The molecular formula is C12H9N3O4S. The van der Waals surface area contributed by atoms with Crippen LogP contribution in [0.25, 0.3) is 0 Å². The number of hydrogen-bond acceptors (Lipinski definition) is 6. The van der Waals surface area contributed by atoms with Gasteiger partial charge in [0, 0.05) is 24.2 Å². The van der Waals surface area contributed by atoms with Crippen LogP contribution in [0.1, 0.15) is 15.9 Å². The van der Waals surface area contributed by atoms with E-state index in [1.807, 2.05) is 0 Å². The SMILES string of the molecule is O=C(O)c1c(CSc2cnccn2)cccc1[N+](=O)[O-]. The molecule has 20 heavy (non-hydrogen) atoms. The molecule has 8 heteroatoms. The minimum absolute atomic E-state index is 0.266. The maximum Gasteiger partial charge on any atom is 0.343 e. The van der Waals surface area contributed by atoms with Crippen molar-refractivity contribution in [3.05, 3.63) is 58.0 Å². The Kier molecular flexibility index (Phi) is 4.26. The topological polar surface area (TPSA) is 106 Å². The summed E-state index contributed by atoms with van der Waals surface area (Å²) in [5.74, 6) is -1.05. The van der Waals surface area contributed by atoms with Crippen molar-refractivity contribution in [1.82, 2.24) is 9.97 Å². The van der Waals surface area contributed by atoms with Gasteiger partial charge in [-0.05, 0) is 5.56 Å². The predicted molar refractivity (Wildman–Crippen MR) is 71.6 cm³/mol. The van der Waals surface area contributed by atoms with Crippen molar-refractivity contribution in [2.75, 3.05) is 0 Å². The molecule has 0 saturated heterocycles. The van der Waals surface area contributed by atoms with E-state index in [-0.39, 0.29) is 11.3 Å². The molecule has 1 aromatic heterocycles. The molecule has 0 unspecified atom stereocenters. The summed E-state index contributed by atoms with van der Waals surface area (Å²) in [6, 6.07) is 4.21. The monoisotopic (exact) mass is 291 g/mol. The van der Waals surface area contributed by atoms with E-state index in [1.54, 1.807) is 12.3 Å². The van der Waals surface area contributed by atoms with Gasteiger partial charge < -0.3 is 5.11 Å². The maximum absolute atomic E-state index is 11.2. The fourth-order valence-electron chi connectivity index (χ4n) is 1.62. The number of benzene rings is 1. The van der Waals surface area contributed by atoms with E-state index in [0.717, 1.165) is 0 Å². The summed E-state index contributed by atoms with van der Waals surface area (Å²) in [7, 11) is 0. The lowest BCUT2D eigenvalue weighted by molar-refractivity contribution is -0.385. The average Bonchev–Trinajstić information content (AvgIpc) is 2.45. The molecule has 0 bridgehead atoms. The highest BCUT2D eigenvalue weighted by Crippen LogP contribution is 2.27. The molecule has 0 aliphatic heterocycles. The fraction of sp³-hybridized carbons (Fsp3) is 0.0833. The Morgan fingerprint density at radius 3 is 2.80 bits per heavy atom. The van der Waals surface area contributed by atoms with Crippen LogP contribution < -0.4 is 0 Å². The molecule has 0 aliphatic carbocycles. The van der Waals surface area contributed by atoms with Crippen molar-refractivity contribution < 1.29 is 14.8 Å². The van der Waals surface area contributed by atoms with E-state index in [9.17, 15) is 14.9 Å². The highest BCUT2D eigenvalue weighted by Gasteiger charge is 2.23. The standard InChI is InChI=1S/C12H9N3O4S/c16-12(17)11-8(2-1-3-9(11)15(18)19)7-20-10-6-13-4-5-14-10/h1-6H,7H2,(H,16,17). The molecule has 7 nitrogen and oxygen atoms in total. The first-order chi connectivity index (χ1) is 9.59. The lowest BCUT2D eigenvalue weighted by Gasteiger charge is -2.06. The molecule has 0 amide bonds. The summed E-state index contributed by atoms with van der Waals surface area (Å²) >= 11 is 1.27. The zero-order valence-electron chi connectivity index (χ0n) is 10.1. The number of rotatable bonds is 5. The first-order valence-electron chi connectivity index (χ1n) is 5.48. The van der Waals surface area contributed by atoms with Gasteiger partial charge in [-0.2, -0.15) is 0 Å². The van der Waals surface area contributed by atoms with Gasteiger partial charge in [0.1, 0.15) is 10.6 Å². The molecule has 0 aliphatic rings. The zero-order valence-corrected chi connectivity index (χ0v) is 10.9. The molecule has 1 N–H and O–H groups in total. The number of carboxylic acids is 1. The largest absolute Gasteiger partial charge is 0.477 e. The van der Waals surface area contributed by atoms with Gasteiger partial charge in [0.2, 0.25) is 0 Å². The second-order valence-electron chi connectivity index (χ2n) is 3.71. The van der Waals surface area contributed by atoms with Gasteiger partial charge >= 0.3 is 5.97 Å². The van der Waals surface area contributed by atoms with Gasteiger partial charge in [-0.3, -0.25) is 15.1 Å². The van der Waals surface area contributed by atoms with Crippen LogP contribution in [0.5, 0.6) is 0 Å². The molecule has 1 aromatic carbocycles. The van der Waals surface area contributed by atoms with E-state index < -0.39 is 16.6 Å².